The summed E-state index contributed by atoms with van der Waals surface area (Å²) in [6.45, 7) is 3.74. The Hall–Kier alpha value is -2.73. The molecule has 243 valence electrons. The standard InChI is InChI=1S/C12H8N2.2C10H7Br2NO.Er.NO3/c1-3-9-5-6-10-4-2-8-14-12(10)11(9)13-7-1;2*1-5-2-3-6-7(11)4-8(12)10(14)9(6)13-5;;2-1(3)4/h1-8H;2*2-4,14H,1H3;;/q;;;+3;-1/p-2. The van der Waals surface area contributed by atoms with E-state index in [4.69, 9.17) is 15.3 Å². The second kappa shape index (κ2) is 17.6. The third-order valence-electron chi connectivity index (χ3n) is 6.30. The largest absolute Gasteiger partial charge is 3.00 e. The monoisotopic (exact) mass is 1040 g/mol. The Kier molecular flexibility index (Phi) is 14.5. The first-order chi connectivity index (χ1) is 21.9. The van der Waals surface area contributed by atoms with E-state index < -0.39 is 5.09 Å². The van der Waals surface area contributed by atoms with E-state index in [0.717, 1.165) is 52.9 Å². The van der Waals surface area contributed by atoms with Crippen molar-refractivity contribution < 1.29 is 52.6 Å². The number of nitrogens with zero attached hydrogens (tertiary/aromatic N) is 5. The summed E-state index contributed by atoms with van der Waals surface area (Å²) in [5, 5.41) is 42.1. The molecule has 47 heavy (non-hydrogen) atoms. The first-order valence-electron chi connectivity index (χ1n) is 13.1. The van der Waals surface area contributed by atoms with Crippen LogP contribution in [-0.4, -0.2) is 25.0 Å². The van der Waals surface area contributed by atoms with Gasteiger partial charge in [-0.05, 0) is 62.4 Å². The van der Waals surface area contributed by atoms with Gasteiger partial charge in [-0.25, -0.2) is 0 Å². The van der Waals surface area contributed by atoms with Crippen LogP contribution in [0.3, 0.4) is 0 Å². The maximum Gasteiger partial charge on any atom is 3.00 e. The van der Waals surface area contributed by atoms with Gasteiger partial charge in [0.15, 0.2) is 0 Å². The molecule has 4 heterocycles. The summed E-state index contributed by atoms with van der Waals surface area (Å²) in [5.74, 6) is -0.126. The SMILES string of the molecule is Cc1ccc2c(Br)cc(Br)c([O-])c2n1.Cc1ccc2c(Br)cc(Br)c([O-])c2n1.O=[N+]([O-])[O-].[Er+3].c1cnc2c(c1)ccc1cccnc12. The van der Waals surface area contributed by atoms with Gasteiger partial charge in [-0.2, -0.15) is 0 Å². The normalized spacial score (nSPS) is 10.2. The molecular formula is C32H20Br4ErN5O5. The minimum atomic E-state index is -1.75. The molecule has 10 nitrogen and oxygen atoms in total. The topological polar surface area (TPSA) is 164 Å². The summed E-state index contributed by atoms with van der Waals surface area (Å²) in [4.78, 5) is 25.4. The van der Waals surface area contributed by atoms with Crippen LogP contribution in [0.25, 0.3) is 43.6 Å². The van der Waals surface area contributed by atoms with Crippen LogP contribution in [0.15, 0.2) is 103 Å². The summed E-state index contributed by atoms with van der Waals surface area (Å²) in [6, 6.07) is 23.2. The van der Waals surface area contributed by atoms with E-state index in [1.165, 1.54) is 0 Å². The molecule has 0 aliphatic carbocycles. The van der Waals surface area contributed by atoms with Crippen LogP contribution >= 0.6 is 63.7 Å². The van der Waals surface area contributed by atoms with Crippen molar-refractivity contribution in [2.75, 3.05) is 0 Å². The zero-order chi connectivity index (χ0) is 33.5. The Bertz CT molecular complexity index is 2070. The smallest absolute Gasteiger partial charge is 0.870 e. The van der Waals surface area contributed by atoms with Gasteiger partial charge in [-0.1, -0.05) is 99.5 Å². The van der Waals surface area contributed by atoms with E-state index in [-0.39, 0.29) is 48.8 Å². The average molecular weight is 1040 g/mol. The fourth-order valence-corrected chi connectivity index (χ4v) is 6.81. The van der Waals surface area contributed by atoms with Crippen LogP contribution in [0.1, 0.15) is 11.4 Å². The van der Waals surface area contributed by atoms with E-state index in [1.54, 1.807) is 24.5 Å². The Morgan fingerprint density at radius 1 is 0.574 bits per heavy atom. The Morgan fingerprint density at radius 2 is 0.936 bits per heavy atom. The molecule has 0 spiro atoms. The molecule has 0 N–H and O–H groups in total. The molecule has 0 aliphatic rings. The van der Waals surface area contributed by atoms with Gasteiger partial charge in [-0.3, -0.25) is 19.9 Å². The number of pyridine rings is 4. The predicted octanol–water partition coefficient (Wildman–Crippen LogP) is 8.83. The van der Waals surface area contributed by atoms with Crippen LogP contribution < -0.4 is 10.2 Å². The maximum atomic E-state index is 11.7. The van der Waals surface area contributed by atoms with Crippen LogP contribution in [0, 0.1) is 66.5 Å². The first-order valence-corrected chi connectivity index (χ1v) is 16.3. The Labute approximate surface area is 331 Å². The van der Waals surface area contributed by atoms with Gasteiger partial charge in [0.1, 0.15) is 0 Å². The number of fused-ring (bicyclic) bond motifs is 5. The number of halogens is 4. The second-order valence-corrected chi connectivity index (χ2v) is 12.9. The average Bonchev–Trinajstić information content (AvgIpc) is 3.03. The number of hydrogen-bond acceptors (Lipinski definition) is 9. The van der Waals surface area contributed by atoms with E-state index in [0.29, 0.717) is 20.0 Å². The minimum Gasteiger partial charge on any atom is -0.870 e. The fourth-order valence-electron chi connectivity index (χ4n) is 4.26. The molecule has 0 bridgehead atoms. The molecule has 15 heteroatoms. The zero-order valence-electron chi connectivity index (χ0n) is 24.2. The van der Waals surface area contributed by atoms with Crippen LogP contribution in [0.4, 0.5) is 0 Å². The van der Waals surface area contributed by atoms with Gasteiger partial charge in [-0.15, -0.1) is 0 Å². The van der Waals surface area contributed by atoms with Crippen molar-refractivity contribution in [1.29, 1.82) is 0 Å². The van der Waals surface area contributed by atoms with Gasteiger partial charge in [0.05, 0.1) is 27.2 Å². The van der Waals surface area contributed by atoms with Crippen molar-refractivity contribution >= 4 is 107 Å². The molecule has 0 amide bonds. The molecular weight excluding hydrogens is 1020 g/mol. The van der Waals surface area contributed by atoms with Gasteiger partial charge in [0, 0.05) is 63.2 Å². The van der Waals surface area contributed by atoms with Crippen molar-refractivity contribution in [1.82, 2.24) is 19.9 Å². The van der Waals surface area contributed by atoms with E-state index in [2.05, 4.69) is 108 Å². The Morgan fingerprint density at radius 3 is 1.30 bits per heavy atom. The molecule has 4 aromatic heterocycles. The first kappa shape index (κ1) is 38.7. The molecule has 7 rings (SSSR count). The summed E-state index contributed by atoms with van der Waals surface area (Å²) in [7, 11) is 0. The molecule has 0 unspecified atom stereocenters. The quantitative estimate of drug-likeness (QED) is 0.0821. The van der Waals surface area contributed by atoms with Crippen LogP contribution in [0.5, 0.6) is 11.5 Å². The molecule has 0 fully saturated rings. The predicted molar refractivity (Wildman–Crippen MR) is 190 cm³/mol. The van der Waals surface area contributed by atoms with E-state index >= 15 is 0 Å². The van der Waals surface area contributed by atoms with Gasteiger partial charge >= 0.3 is 37.3 Å². The van der Waals surface area contributed by atoms with Crippen molar-refractivity contribution in [3.05, 3.63) is 130 Å². The molecule has 1 radical (unpaired) electrons. The van der Waals surface area contributed by atoms with Gasteiger partial charge in [0.25, 0.3) is 0 Å². The third-order valence-corrected chi connectivity index (χ3v) is 8.79. The minimum absolute atomic E-state index is 0. The summed E-state index contributed by atoms with van der Waals surface area (Å²) in [5.41, 5.74) is 4.66. The third kappa shape index (κ3) is 9.90. The zero-order valence-corrected chi connectivity index (χ0v) is 32.4. The maximum absolute atomic E-state index is 11.7. The number of aromatic nitrogens is 4. The van der Waals surface area contributed by atoms with E-state index in [1.807, 2.05) is 50.2 Å². The van der Waals surface area contributed by atoms with Crippen molar-refractivity contribution in [3.63, 3.8) is 0 Å². The molecule has 0 saturated heterocycles. The summed E-state index contributed by atoms with van der Waals surface area (Å²) in [6.07, 6.45) is 3.60. The van der Waals surface area contributed by atoms with Gasteiger partial charge < -0.3 is 25.5 Å². The van der Waals surface area contributed by atoms with E-state index in [9.17, 15) is 10.2 Å². The van der Waals surface area contributed by atoms with Gasteiger partial charge in [0.2, 0.25) is 0 Å². The molecule has 7 aromatic rings. The Balaban J connectivity index is 0.000000179. The summed E-state index contributed by atoms with van der Waals surface area (Å²) < 4.78 is 2.84. The van der Waals surface area contributed by atoms with Crippen molar-refractivity contribution in [2.24, 2.45) is 0 Å². The second-order valence-electron chi connectivity index (χ2n) is 9.48. The van der Waals surface area contributed by atoms with Crippen LogP contribution in [-0.2, 0) is 0 Å². The summed E-state index contributed by atoms with van der Waals surface area (Å²) >= 11 is 13.2. The number of rotatable bonds is 0. The fraction of sp³-hybridized carbons (Fsp3) is 0.0625. The molecule has 0 aliphatic heterocycles. The molecule has 0 saturated carbocycles. The van der Waals surface area contributed by atoms with Crippen LogP contribution in [0.2, 0.25) is 0 Å². The molecule has 3 aromatic carbocycles. The number of hydrogen-bond donors (Lipinski definition) is 0. The van der Waals surface area contributed by atoms with Crippen molar-refractivity contribution in [2.45, 2.75) is 13.8 Å². The number of benzene rings is 3. The molecule has 0 atom stereocenters. The van der Waals surface area contributed by atoms with Crippen molar-refractivity contribution in [3.8, 4) is 11.5 Å². The number of aryl methyl sites for hydroxylation is 2.